The van der Waals surface area contributed by atoms with Gasteiger partial charge in [0.15, 0.2) is 0 Å². The quantitative estimate of drug-likeness (QED) is 0.359. The van der Waals surface area contributed by atoms with Gasteiger partial charge in [-0.05, 0) is 36.4 Å². The fraction of sp³-hybridized carbons (Fsp3) is 0. The summed E-state index contributed by atoms with van der Waals surface area (Å²) in [6, 6.07) is 24.4. The number of fused-ring (bicyclic) bond motifs is 3. The summed E-state index contributed by atoms with van der Waals surface area (Å²) in [4.78, 5) is 22.8. The molecule has 0 saturated heterocycles. The van der Waals surface area contributed by atoms with Gasteiger partial charge in [-0.1, -0.05) is 47.9 Å². The molecule has 0 unspecified atom stereocenters. The second-order valence-electron chi connectivity index (χ2n) is 6.57. The maximum atomic E-state index is 13.5. The monoisotopic (exact) mass is 359 g/mol. The molecule has 0 amide bonds. The van der Waals surface area contributed by atoms with E-state index in [1.807, 2.05) is 72.8 Å². The van der Waals surface area contributed by atoms with Crippen LogP contribution in [0.25, 0.3) is 38.9 Å². The molecule has 0 aliphatic heterocycles. The number of aromatic nitrogens is 3. The number of pyridine rings is 1. The average Bonchev–Trinajstić information content (AvgIpc) is 2.74. The minimum Gasteiger partial charge on any atom is -0.268 e. The van der Waals surface area contributed by atoms with Crippen LogP contribution >= 0.6 is 0 Å². The molecule has 0 aliphatic rings. The van der Waals surface area contributed by atoms with Crippen LogP contribution in [-0.2, 0) is 0 Å². The highest BCUT2D eigenvalue weighted by atomic mass is 16.1. The van der Waals surface area contributed by atoms with E-state index in [4.69, 9.17) is 12.8 Å². The van der Waals surface area contributed by atoms with Crippen LogP contribution in [0.2, 0.25) is 0 Å². The highest BCUT2D eigenvalue weighted by Gasteiger charge is 2.16. The Morgan fingerprint density at radius 2 is 1.57 bits per heavy atom. The molecule has 0 fully saturated rings. The molecular formula is C23H14BN3O. The summed E-state index contributed by atoms with van der Waals surface area (Å²) in [5.74, 6) is 0.569. The van der Waals surface area contributed by atoms with Gasteiger partial charge in [0.25, 0.3) is 5.56 Å². The second kappa shape index (κ2) is 6.46. The lowest BCUT2D eigenvalue weighted by atomic mass is 9.95. The van der Waals surface area contributed by atoms with Gasteiger partial charge in [-0.15, -0.1) is 0 Å². The molecule has 0 bridgehead atoms. The van der Waals surface area contributed by atoms with E-state index in [1.165, 1.54) is 0 Å². The van der Waals surface area contributed by atoms with E-state index in [-0.39, 0.29) is 5.56 Å². The van der Waals surface area contributed by atoms with Crippen molar-refractivity contribution in [2.45, 2.75) is 0 Å². The summed E-state index contributed by atoms with van der Waals surface area (Å²) in [5.41, 5.74) is 3.58. The summed E-state index contributed by atoms with van der Waals surface area (Å²) in [5, 5.41) is 1.41. The fourth-order valence-corrected chi connectivity index (χ4v) is 3.44. The minimum atomic E-state index is -0.117. The van der Waals surface area contributed by atoms with Gasteiger partial charge < -0.3 is 0 Å². The van der Waals surface area contributed by atoms with Crippen LogP contribution in [0.5, 0.6) is 0 Å². The van der Waals surface area contributed by atoms with Crippen molar-refractivity contribution in [3.05, 3.63) is 95.4 Å². The van der Waals surface area contributed by atoms with Gasteiger partial charge in [0.2, 0.25) is 0 Å². The normalized spacial score (nSPS) is 11.1. The summed E-state index contributed by atoms with van der Waals surface area (Å²) in [6.07, 6.45) is 1.74. The molecule has 28 heavy (non-hydrogen) atoms. The third kappa shape index (κ3) is 2.60. The molecule has 0 saturated carbocycles. The predicted molar refractivity (Wildman–Crippen MR) is 113 cm³/mol. The van der Waals surface area contributed by atoms with Crippen molar-refractivity contribution < 1.29 is 0 Å². The summed E-state index contributed by atoms with van der Waals surface area (Å²) in [7, 11) is 5.85. The smallest absolute Gasteiger partial charge is 0.266 e. The molecule has 2 aromatic heterocycles. The number of rotatable bonds is 2. The van der Waals surface area contributed by atoms with E-state index in [0.717, 1.165) is 22.2 Å². The van der Waals surface area contributed by atoms with Crippen molar-refractivity contribution in [3.8, 4) is 17.1 Å². The first kappa shape index (κ1) is 16.4. The van der Waals surface area contributed by atoms with E-state index in [0.29, 0.717) is 22.2 Å². The summed E-state index contributed by atoms with van der Waals surface area (Å²) < 4.78 is 1.65. The van der Waals surface area contributed by atoms with Crippen molar-refractivity contribution in [1.82, 2.24) is 14.5 Å². The van der Waals surface area contributed by atoms with Crippen LogP contribution in [0.1, 0.15) is 0 Å². The zero-order valence-electron chi connectivity index (χ0n) is 14.9. The molecule has 0 aliphatic carbocycles. The molecular weight excluding hydrogens is 345 g/mol. The van der Waals surface area contributed by atoms with E-state index in [2.05, 4.69) is 4.98 Å². The van der Waals surface area contributed by atoms with E-state index < -0.39 is 0 Å². The van der Waals surface area contributed by atoms with Crippen LogP contribution in [-0.4, -0.2) is 22.4 Å². The molecule has 5 rings (SSSR count). The van der Waals surface area contributed by atoms with Gasteiger partial charge in [0.05, 0.1) is 22.1 Å². The number of para-hydroxylation sites is 1. The largest absolute Gasteiger partial charge is 0.268 e. The van der Waals surface area contributed by atoms with Crippen LogP contribution in [0.4, 0.5) is 0 Å². The standard InChI is InChI=1S/C23H14BN3O/c24-16-10-8-15(9-11-16)22-26-21-18-7-4-14-25-20(18)13-12-19(21)23(28)27(22)17-5-2-1-3-6-17/h1-14H. The molecule has 5 heteroatoms. The second-order valence-corrected chi connectivity index (χ2v) is 6.57. The van der Waals surface area contributed by atoms with Crippen LogP contribution in [0, 0.1) is 0 Å². The van der Waals surface area contributed by atoms with Crippen molar-refractivity contribution in [2.75, 3.05) is 0 Å². The lowest BCUT2D eigenvalue weighted by molar-refractivity contribution is 0.977. The lowest BCUT2D eigenvalue weighted by Gasteiger charge is -2.15. The van der Waals surface area contributed by atoms with Crippen molar-refractivity contribution in [2.24, 2.45) is 0 Å². The number of hydrogen-bond donors (Lipinski definition) is 0. The molecule has 0 spiro atoms. The minimum absolute atomic E-state index is 0.117. The molecule has 130 valence electrons. The third-order valence-corrected chi connectivity index (χ3v) is 4.80. The summed E-state index contributed by atoms with van der Waals surface area (Å²) in [6.45, 7) is 0. The Hall–Kier alpha value is -3.73. The number of hydrogen-bond acceptors (Lipinski definition) is 3. The van der Waals surface area contributed by atoms with Crippen LogP contribution in [0.15, 0.2) is 89.9 Å². The van der Waals surface area contributed by atoms with Gasteiger partial charge in [0.1, 0.15) is 13.7 Å². The number of nitrogens with zero attached hydrogens (tertiary/aromatic N) is 3. The van der Waals surface area contributed by atoms with E-state index in [1.54, 1.807) is 16.8 Å². The Morgan fingerprint density at radius 3 is 2.36 bits per heavy atom. The Balaban J connectivity index is 1.95. The first-order valence-corrected chi connectivity index (χ1v) is 8.94. The predicted octanol–water partition coefficient (Wildman–Crippen LogP) is 3.39. The fourth-order valence-electron chi connectivity index (χ4n) is 3.44. The van der Waals surface area contributed by atoms with Crippen molar-refractivity contribution in [3.63, 3.8) is 0 Å². The number of benzene rings is 3. The van der Waals surface area contributed by atoms with Crippen LogP contribution < -0.4 is 11.0 Å². The molecule has 0 atom stereocenters. The van der Waals surface area contributed by atoms with Gasteiger partial charge in [-0.25, -0.2) is 4.98 Å². The Kier molecular flexibility index (Phi) is 3.80. The Bertz CT molecular complexity index is 1380. The topological polar surface area (TPSA) is 47.8 Å². The average molecular weight is 359 g/mol. The molecule has 3 aromatic carbocycles. The SMILES string of the molecule is [B]c1ccc(-c2nc3c(ccc4ncccc43)c(=O)n2-c2ccccc2)cc1. The molecule has 5 aromatic rings. The first-order valence-electron chi connectivity index (χ1n) is 8.94. The Morgan fingerprint density at radius 1 is 0.786 bits per heavy atom. The van der Waals surface area contributed by atoms with Gasteiger partial charge in [-0.2, -0.15) is 0 Å². The zero-order valence-corrected chi connectivity index (χ0v) is 14.9. The molecule has 0 N–H and O–H groups in total. The lowest BCUT2D eigenvalue weighted by Crippen LogP contribution is -2.22. The molecule has 4 nitrogen and oxygen atoms in total. The first-order chi connectivity index (χ1) is 13.7. The zero-order chi connectivity index (χ0) is 19.1. The van der Waals surface area contributed by atoms with Gasteiger partial charge >= 0.3 is 0 Å². The molecule has 2 radical (unpaired) electrons. The highest BCUT2D eigenvalue weighted by molar-refractivity contribution is 6.32. The van der Waals surface area contributed by atoms with Gasteiger partial charge in [-0.3, -0.25) is 14.3 Å². The van der Waals surface area contributed by atoms with Crippen molar-refractivity contribution >= 4 is 35.1 Å². The highest BCUT2D eigenvalue weighted by Crippen LogP contribution is 2.25. The third-order valence-electron chi connectivity index (χ3n) is 4.80. The summed E-state index contributed by atoms with van der Waals surface area (Å²) >= 11 is 0. The van der Waals surface area contributed by atoms with Crippen molar-refractivity contribution in [1.29, 1.82) is 0 Å². The molecule has 2 heterocycles. The Labute approximate surface area is 162 Å². The van der Waals surface area contributed by atoms with E-state index >= 15 is 0 Å². The maximum absolute atomic E-state index is 13.5. The van der Waals surface area contributed by atoms with Crippen LogP contribution in [0.3, 0.4) is 0 Å². The van der Waals surface area contributed by atoms with Gasteiger partial charge in [0, 0.05) is 17.1 Å². The maximum Gasteiger partial charge on any atom is 0.266 e. The van der Waals surface area contributed by atoms with E-state index in [9.17, 15) is 4.79 Å².